The molecule has 6 nitrogen and oxygen atoms in total. The predicted molar refractivity (Wildman–Crippen MR) is 73.2 cm³/mol. The first-order valence-electron chi connectivity index (χ1n) is 6.32. The molecule has 1 aromatic rings. The topological polar surface area (TPSA) is 74.2 Å². The largest absolute Gasteiger partial charge is 0.507 e. The number of carbonyl (C=O) groups is 1. The quantitative estimate of drug-likeness (QED) is 0.736. The Morgan fingerprint density at radius 2 is 1.75 bits per heavy atom. The summed E-state index contributed by atoms with van der Waals surface area (Å²) in [6.07, 6.45) is 0. The van der Waals surface area contributed by atoms with Crippen molar-refractivity contribution in [2.45, 2.75) is 13.8 Å². The van der Waals surface area contributed by atoms with Crippen LogP contribution in [0.1, 0.15) is 24.2 Å². The molecule has 1 aromatic carbocycles. The molecule has 0 aromatic heterocycles. The number of ketones is 1. The second kappa shape index (κ2) is 7.59. The fourth-order valence-corrected chi connectivity index (χ4v) is 1.79. The number of hydrogen-bond acceptors (Lipinski definition) is 6. The van der Waals surface area contributed by atoms with E-state index < -0.39 is 5.78 Å². The molecule has 0 radical (unpaired) electrons. The van der Waals surface area contributed by atoms with Crippen LogP contribution in [0.15, 0.2) is 6.07 Å². The van der Waals surface area contributed by atoms with Crippen molar-refractivity contribution in [3.05, 3.63) is 11.6 Å². The summed E-state index contributed by atoms with van der Waals surface area (Å²) in [5.74, 6) is 0.164. The molecule has 20 heavy (non-hydrogen) atoms. The minimum Gasteiger partial charge on any atom is -0.507 e. The van der Waals surface area contributed by atoms with Gasteiger partial charge in [0.2, 0.25) is 5.75 Å². The van der Waals surface area contributed by atoms with Gasteiger partial charge >= 0.3 is 0 Å². The summed E-state index contributed by atoms with van der Waals surface area (Å²) in [5, 5.41) is 10.0. The molecular formula is C14H20O6. The van der Waals surface area contributed by atoms with Gasteiger partial charge in [0.25, 0.3) is 0 Å². The fraction of sp³-hybridized carbons (Fsp3) is 0.500. The number of hydrogen-bond donors (Lipinski definition) is 1. The zero-order valence-corrected chi connectivity index (χ0v) is 12.2. The van der Waals surface area contributed by atoms with Crippen LogP contribution < -0.4 is 14.2 Å². The van der Waals surface area contributed by atoms with Crippen LogP contribution in [-0.2, 0) is 4.74 Å². The molecule has 0 bridgehead atoms. The molecule has 0 atom stereocenters. The van der Waals surface area contributed by atoms with Crippen LogP contribution in [0.5, 0.6) is 23.0 Å². The van der Waals surface area contributed by atoms with Gasteiger partial charge in [-0.3, -0.25) is 4.79 Å². The van der Waals surface area contributed by atoms with Crippen molar-refractivity contribution < 1.29 is 28.8 Å². The van der Waals surface area contributed by atoms with Crippen LogP contribution >= 0.6 is 0 Å². The highest BCUT2D eigenvalue weighted by atomic mass is 16.5. The summed E-state index contributed by atoms with van der Waals surface area (Å²) >= 11 is 0. The molecule has 0 spiro atoms. The number of Topliss-reactive ketones (excluding diaryl/α,β-unsaturated/α-hetero) is 1. The van der Waals surface area contributed by atoms with Crippen molar-refractivity contribution in [2.24, 2.45) is 0 Å². The molecule has 0 saturated carbocycles. The number of carbonyl (C=O) groups excluding carboxylic acids is 1. The zero-order valence-electron chi connectivity index (χ0n) is 12.2. The lowest BCUT2D eigenvalue weighted by molar-refractivity contribution is 0.0840. The predicted octanol–water partition coefficient (Wildman–Crippen LogP) is 2.03. The Hall–Kier alpha value is -1.95. The first-order chi connectivity index (χ1) is 9.60. The first kappa shape index (κ1) is 16.1. The Morgan fingerprint density at radius 1 is 1.15 bits per heavy atom. The molecule has 0 heterocycles. The maximum Gasteiger partial charge on any atom is 0.204 e. The van der Waals surface area contributed by atoms with Gasteiger partial charge in [-0.05, 0) is 13.8 Å². The highest BCUT2D eigenvalue weighted by molar-refractivity contribution is 6.03. The maximum absolute atomic E-state index is 12.1. The molecule has 0 aliphatic heterocycles. The molecule has 0 unspecified atom stereocenters. The normalized spacial score (nSPS) is 10.2. The van der Waals surface area contributed by atoms with Gasteiger partial charge < -0.3 is 24.1 Å². The van der Waals surface area contributed by atoms with E-state index in [9.17, 15) is 9.90 Å². The van der Waals surface area contributed by atoms with Crippen molar-refractivity contribution in [3.63, 3.8) is 0 Å². The number of benzene rings is 1. The molecule has 0 aliphatic rings. The molecular weight excluding hydrogens is 264 g/mol. The smallest absolute Gasteiger partial charge is 0.204 e. The fourth-order valence-electron chi connectivity index (χ4n) is 1.79. The number of methoxy groups -OCH3 is 2. The maximum atomic E-state index is 12.1. The SMILES string of the molecule is CCOc1c(OC)cc(O)c(C(=O)COC)c1OCC. The minimum atomic E-state index is -0.392. The van der Waals surface area contributed by atoms with Gasteiger partial charge in [0.15, 0.2) is 17.3 Å². The summed E-state index contributed by atoms with van der Waals surface area (Å²) in [4.78, 5) is 12.1. The summed E-state index contributed by atoms with van der Waals surface area (Å²) < 4.78 is 20.9. The van der Waals surface area contributed by atoms with Gasteiger partial charge in [-0.25, -0.2) is 0 Å². The van der Waals surface area contributed by atoms with E-state index in [0.29, 0.717) is 24.7 Å². The van der Waals surface area contributed by atoms with Crippen LogP contribution in [0, 0.1) is 0 Å². The van der Waals surface area contributed by atoms with Gasteiger partial charge in [-0.1, -0.05) is 0 Å². The Bertz CT molecular complexity index is 469. The lowest BCUT2D eigenvalue weighted by Gasteiger charge is -2.18. The molecule has 1 rings (SSSR count). The molecule has 0 fully saturated rings. The summed E-state index contributed by atoms with van der Waals surface area (Å²) in [5.41, 5.74) is 0.0398. The monoisotopic (exact) mass is 284 g/mol. The summed E-state index contributed by atoms with van der Waals surface area (Å²) in [7, 11) is 2.85. The average Bonchev–Trinajstić information content (AvgIpc) is 2.42. The van der Waals surface area contributed by atoms with Crippen LogP contribution in [0.2, 0.25) is 0 Å². The third kappa shape index (κ3) is 3.33. The van der Waals surface area contributed by atoms with Crippen LogP contribution in [0.3, 0.4) is 0 Å². The second-order valence-corrected chi connectivity index (χ2v) is 3.85. The van der Waals surface area contributed by atoms with E-state index in [1.54, 1.807) is 13.8 Å². The average molecular weight is 284 g/mol. The van der Waals surface area contributed by atoms with E-state index >= 15 is 0 Å². The van der Waals surface area contributed by atoms with E-state index in [1.807, 2.05) is 0 Å². The molecule has 0 aliphatic carbocycles. The molecule has 0 amide bonds. The van der Waals surface area contributed by atoms with Crippen molar-refractivity contribution in [1.29, 1.82) is 0 Å². The first-order valence-corrected chi connectivity index (χ1v) is 6.32. The second-order valence-electron chi connectivity index (χ2n) is 3.85. The Morgan fingerprint density at radius 3 is 2.25 bits per heavy atom. The van der Waals surface area contributed by atoms with Crippen LogP contribution in [0.4, 0.5) is 0 Å². The lowest BCUT2D eigenvalue weighted by Crippen LogP contribution is -2.12. The molecule has 6 heteroatoms. The number of phenols is 1. The number of ether oxygens (including phenoxy) is 4. The highest BCUT2D eigenvalue weighted by Crippen LogP contribution is 2.45. The van der Waals surface area contributed by atoms with Crippen molar-refractivity contribution in [2.75, 3.05) is 34.0 Å². The summed E-state index contributed by atoms with van der Waals surface area (Å²) in [6.45, 7) is 4.11. The van der Waals surface area contributed by atoms with E-state index in [1.165, 1.54) is 20.3 Å². The Labute approximate surface area is 118 Å². The number of rotatable bonds is 8. The molecule has 112 valence electrons. The Balaban J connectivity index is 3.47. The van der Waals surface area contributed by atoms with Crippen LogP contribution in [-0.4, -0.2) is 44.9 Å². The van der Waals surface area contributed by atoms with E-state index in [0.717, 1.165) is 0 Å². The van der Waals surface area contributed by atoms with E-state index in [-0.39, 0.29) is 23.7 Å². The van der Waals surface area contributed by atoms with Gasteiger partial charge in [0.1, 0.15) is 17.9 Å². The van der Waals surface area contributed by atoms with E-state index in [2.05, 4.69) is 0 Å². The van der Waals surface area contributed by atoms with Gasteiger partial charge in [-0.2, -0.15) is 0 Å². The third-order valence-corrected chi connectivity index (χ3v) is 2.53. The third-order valence-electron chi connectivity index (χ3n) is 2.53. The Kier molecular flexibility index (Phi) is 6.11. The lowest BCUT2D eigenvalue weighted by atomic mass is 10.1. The van der Waals surface area contributed by atoms with E-state index in [4.69, 9.17) is 18.9 Å². The van der Waals surface area contributed by atoms with Gasteiger partial charge in [0.05, 0.1) is 20.3 Å². The standard InChI is InChI=1S/C14H20O6/c1-5-19-13-11(18-4)7-9(15)12(10(16)8-17-3)14(13)20-6-2/h7,15H,5-6,8H2,1-4H3. The minimum absolute atomic E-state index is 0.0398. The van der Waals surface area contributed by atoms with Crippen molar-refractivity contribution in [1.82, 2.24) is 0 Å². The van der Waals surface area contributed by atoms with Crippen molar-refractivity contribution in [3.8, 4) is 23.0 Å². The zero-order chi connectivity index (χ0) is 15.1. The highest BCUT2D eigenvalue weighted by Gasteiger charge is 2.25. The van der Waals surface area contributed by atoms with Gasteiger partial charge in [-0.15, -0.1) is 0 Å². The van der Waals surface area contributed by atoms with Crippen molar-refractivity contribution >= 4 is 5.78 Å². The van der Waals surface area contributed by atoms with Gasteiger partial charge in [0, 0.05) is 13.2 Å². The molecule has 1 N–H and O–H groups in total. The number of phenolic OH excluding ortho intramolecular Hbond substituents is 1. The number of aromatic hydroxyl groups is 1. The van der Waals surface area contributed by atoms with Crippen LogP contribution in [0.25, 0.3) is 0 Å². The summed E-state index contributed by atoms with van der Waals surface area (Å²) in [6, 6.07) is 1.33. The molecule has 0 saturated heterocycles.